The van der Waals surface area contributed by atoms with Crippen molar-refractivity contribution in [1.29, 1.82) is 5.26 Å². The Hall–Kier alpha value is -2.80. The van der Waals surface area contributed by atoms with Gasteiger partial charge in [0.2, 0.25) is 0 Å². The van der Waals surface area contributed by atoms with Gasteiger partial charge in [0.1, 0.15) is 0 Å². The topological polar surface area (TPSA) is 70.1 Å². The van der Waals surface area contributed by atoms with Crippen molar-refractivity contribution in [1.82, 2.24) is 0 Å². The highest BCUT2D eigenvalue weighted by molar-refractivity contribution is 6.09. The van der Waals surface area contributed by atoms with Gasteiger partial charge in [0.05, 0.1) is 23.0 Å². The van der Waals surface area contributed by atoms with Crippen molar-refractivity contribution in [3.8, 4) is 6.07 Å². The number of carbonyl (C=O) groups is 1. The molecule has 2 N–H and O–H groups in total. The third kappa shape index (κ3) is 1.90. The van der Waals surface area contributed by atoms with Crippen LogP contribution in [0, 0.1) is 11.3 Å². The van der Waals surface area contributed by atoms with Crippen LogP contribution in [0.5, 0.6) is 0 Å². The minimum absolute atomic E-state index is 0.112. The van der Waals surface area contributed by atoms with Crippen LogP contribution in [0.1, 0.15) is 21.5 Å². The molecule has 0 radical (unpaired) electrons. The van der Waals surface area contributed by atoms with Gasteiger partial charge in [0, 0.05) is 12.1 Å². The lowest BCUT2D eigenvalue weighted by molar-refractivity contribution is 0.0989. The normalized spacial score (nSPS) is 12.8. The summed E-state index contributed by atoms with van der Waals surface area (Å²) in [6.07, 6.45) is 0.810. The fourth-order valence-corrected chi connectivity index (χ4v) is 2.57. The molecule has 1 heterocycles. The smallest absolute Gasteiger partial charge is 0.258 e. The van der Waals surface area contributed by atoms with Gasteiger partial charge in [-0.05, 0) is 36.2 Å². The van der Waals surface area contributed by atoms with Gasteiger partial charge >= 0.3 is 0 Å². The molecule has 0 fully saturated rings. The van der Waals surface area contributed by atoms with Crippen LogP contribution in [0.2, 0.25) is 0 Å². The quantitative estimate of drug-likeness (QED) is 0.803. The van der Waals surface area contributed by atoms with Gasteiger partial charge in [-0.15, -0.1) is 0 Å². The second-order valence-corrected chi connectivity index (χ2v) is 4.75. The third-order valence-electron chi connectivity index (χ3n) is 3.51. The van der Waals surface area contributed by atoms with Gasteiger partial charge in [0.25, 0.3) is 5.91 Å². The van der Waals surface area contributed by atoms with E-state index < -0.39 is 0 Å². The number of anilines is 2. The molecule has 3 rings (SSSR count). The Labute approximate surface area is 117 Å². The molecular weight excluding hydrogens is 250 g/mol. The van der Waals surface area contributed by atoms with Gasteiger partial charge in [-0.3, -0.25) is 4.79 Å². The zero-order valence-corrected chi connectivity index (χ0v) is 10.8. The molecule has 0 aromatic heterocycles. The zero-order valence-electron chi connectivity index (χ0n) is 10.8. The average molecular weight is 263 g/mol. The molecule has 4 nitrogen and oxygen atoms in total. The van der Waals surface area contributed by atoms with E-state index in [2.05, 4.69) is 0 Å². The number of fused-ring (bicyclic) bond motifs is 1. The van der Waals surface area contributed by atoms with Gasteiger partial charge in [-0.1, -0.05) is 18.2 Å². The van der Waals surface area contributed by atoms with E-state index in [1.807, 2.05) is 18.2 Å². The summed E-state index contributed by atoms with van der Waals surface area (Å²) in [7, 11) is 0. The summed E-state index contributed by atoms with van der Waals surface area (Å²) in [5.74, 6) is -0.112. The lowest BCUT2D eigenvalue weighted by Crippen LogP contribution is -2.29. The van der Waals surface area contributed by atoms with E-state index in [1.54, 1.807) is 35.2 Å². The van der Waals surface area contributed by atoms with Crippen molar-refractivity contribution in [3.05, 3.63) is 59.2 Å². The molecule has 0 bridgehead atoms. The summed E-state index contributed by atoms with van der Waals surface area (Å²) in [4.78, 5) is 14.3. The number of nitrogen functional groups attached to an aromatic ring is 1. The number of rotatable bonds is 1. The fourth-order valence-electron chi connectivity index (χ4n) is 2.57. The number of hydrogen-bond donors (Lipinski definition) is 1. The number of amides is 1. The highest BCUT2D eigenvalue weighted by Gasteiger charge is 2.27. The first-order valence-corrected chi connectivity index (χ1v) is 6.40. The van der Waals surface area contributed by atoms with Crippen molar-refractivity contribution < 1.29 is 4.79 Å². The van der Waals surface area contributed by atoms with E-state index in [4.69, 9.17) is 11.0 Å². The van der Waals surface area contributed by atoms with E-state index in [-0.39, 0.29) is 5.91 Å². The van der Waals surface area contributed by atoms with Gasteiger partial charge < -0.3 is 10.6 Å². The first-order valence-electron chi connectivity index (χ1n) is 6.40. The molecule has 1 aliphatic rings. The molecule has 0 saturated carbocycles. The molecule has 0 spiro atoms. The van der Waals surface area contributed by atoms with Crippen molar-refractivity contribution in [2.24, 2.45) is 0 Å². The molecule has 2 aromatic rings. The third-order valence-corrected chi connectivity index (χ3v) is 3.51. The monoisotopic (exact) mass is 263 g/mol. The standard InChI is InChI=1S/C16H13N3O/c17-10-11-3-1-5-13(9-11)16(20)19-8-7-12-4-2-6-14(18)15(12)19/h1-6,9H,7-8,18H2. The molecule has 0 aliphatic carbocycles. The number of para-hydroxylation sites is 1. The molecule has 4 heteroatoms. The molecule has 0 saturated heterocycles. The Balaban J connectivity index is 2.00. The molecule has 98 valence electrons. The molecular formula is C16H13N3O. The van der Waals surface area contributed by atoms with Crippen LogP contribution >= 0.6 is 0 Å². The van der Waals surface area contributed by atoms with Crippen LogP contribution in [0.3, 0.4) is 0 Å². The van der Waals surface area contributed by atoms with Crippen LogP contribution in [0.15, 0.2) is 42.5 Å². The maximum absolute atomic E-state index is 12.6. The highest BCUT2D eigenvalue weighted by atomic mass is 16.2. The molecule has 1 amide bonds. The Morgan fingerprint density at radius 2 is 2.05 bits per heavy atom. The minimum atomic E-state index is -0.112. The molecule has 2 aromatic carbocycles. The number of nitriles is 1. The van der Waals surface area contributed by atoms with Crippen molar-refractivity contribution in [2.75, 3.05) is 17.2 Å². The Kier molecular flexibility index (Phi) is 2.88. The lowest BCUT2D eigenvalue weighted by Gasteiger charge is -2.19. The SMILES string of the molecule is N#Cc1cccc(C(=O)N2CCc3cccc(N)c32)c1. The summed E-state index contributed by atoms with van der Waals surface area (Å²) in [5.41, 5.74) is 9.50. The summed E-state index contributed by atoms with van der Waals surface area (Å²) in [6.45, 7) is 0.624. The van der Waals surface area contributed by atoms with Gasteiger partial charge in [-0.2, -0.15) is 5.26 Å². The number of hydrogen-bond acceptors (Lipinski definition) is 3. The summed E-state index contributed by atoms with van der Waals surface area (Å²) >= 11 is 0. The molecule has 1 aliphatic heterocycles. The van der Waals surface area contributed by atoms with Gasteiger partial charge in [0.15, 0.2) is 0 Å². The summed E-state index contributed by atoms with van der Waals surface area (Å²) in [5, 5.41) is 8.92. The van der Waals surface area contributed by atoms with Crippen LogP contribution in [0.4, 0.5) is 11.4 Å². The molecule has 20 heavy (non-hydrogen) atoms. The van der Waals surface area contributed by atoms with E-state index in [9.17, 15) is 4.79 Å². The van der Waals surface area contributed by atoms with E-state index in [0.29, 0.717) is 23.4 Å². The van der Waals surface area contributed by atoms with Crippen LogP contribution in [-0.4, -0.2) is 12.5 Å². The van der Waals surface area contributed by atoms with Crippen molar-refractivity contribution >= 4 is 17.3 Å². The maximum atomic E-state index is 12.6. The molecule has 0 atom stereocenters. The first kappa shape index (κ1) is 12.2. The number of nitrogens with two attached hydrogens (primary N) is 1. The summed E-state index contributed by atoms with van der Waals surface area (Å²) < 4.78 is 0. The second kappa shape index (κ2) is 4.71. The van der Waals surface area contributed by atoms with Crippen molar-refractivity contribution in [2.45, 2.75) is 6.42 Å². The van der Waals surface area contributed by atoms with Crippen LogP contribution < -0.4 is 10.6 Å². The predicted molar refractivity (Wildman–Crippen MR) is 77.4 cm³/mol. The number of benzene rings is 2. The minimum Gasteiger partial charge on any atom is -0.397 e. The lowest BCUT2D eigenvalue weighted by atomic mass is 10.1. The molecule has 0 unspecified atom stereocenters. The Morgan fingerprint density at radius 3 is 2.85 bits per heavy atom. The Bertz CT molecular complexity index is 731. The second-order valence-electron chi connectivity index (χ2n) is 4.75. The summed E-state index contributed by atoms with van der Waals surface area (Å²) in [6, 6.07) is 14.5. The van der Waals surface area contributed by atoms with Crippen LogP contribution in [-0.2, 0) is 6.42 Å². The average Bonchev–Trinajstić information content (AvgIpc) is 2.92. The van der Waals surface area contributed by atoms with E-state index in [1.165, 1.54) is 0 Å². The first-order chi connectivity index (χ1) is 9.70. The fraction of sp³-hybridized carbons (Fsp3) is 0.125. The maximum Gasteiger partial charge on any atom is 0.258 e. The zero-order chi connectivity index (χ0) is 14.1. The van der Waals surface area contributed by atoms with E-state index >= 15 is 0 Å². The number of carbonyl (C=O) groups excluding carboxylic acids is 1. The van der Waals surface area contributed by atoms with Crippen LogP contribution in [0.25, 0.3) is 0 Å². The Morgan fingerprint density at radius 1 is 1.25 bits per heavy atom. The largest absolute Gasteiger partial charge is 0.397 e. The predicted octanol–water partition coefficient (Wildman–Crippen LogP) is 2.34. The van der Waals surface area contributed by atoms with Crippen molar-refractivity contribution in [3.63, 3.8) is 0 Å². The van der Waals surface area contributed by atoms with Gasteiger partial charge in [-0.25, -0.2) is 0 Å². The highest BCUT2D eigenvalue weighted by Crippen LogP contribution is 2.34. The van der Waals surface area contributed by atoms with E-state index in [0.717, 1.165) is 17.7 Å². The number of nitrogens with zero attached hydrogens (tertiary/aromatic N) is 2.